The van der Waals surface area contributed by atoms with Gasteiger partial charge < -0.3 is 23.7 Å². The van der Waals surface area contributed by atoms with Gasteiger partial charge in [-0.05, 0) is 42.0 Å². The molecular formula is C29H19FN2O6. The van der Waals surface area contributed by atoms with Gasteiger partial charge in [-0.2, -0.15) is 0 Å². The van der Waals surface area contributed by atoms with Crippen molar-refractivity contribution in [2.24, 2.45) is 0 Å². The zero-order valence-corrected chi connectivity index (χ0v) is 19.9. The van der Waals surface area contributed by atoms with Crippen molar-refractivity contribution in [3.05, 3.63) is 112 Å². The Bertz CT molecular complexity index is 1780. The summed E-state index contributed by atoms with van der Waals surface area (Å²) in [6.07, 6.45) is 1.58. The van der Waals surface area contributed by atoms with Gasteiger partial charge in [0, 0.05) is 18.7 Å². The number of para-hydroxylation sites is 1. The summed E-state index contributed by atoms with van der Waals surface area (Å²) in [5.74, 6) is -0.893. The molecule has 0 N–H and O–H groups in total. The third-order valence-corrected chi connectivity index (χ3v) is 7.29. The molecule has 0 aliphatic carbocycles. The molecule has 1 atom stereocenters. The minimum atomic E-state index is -1.82. The van der Waals surface area contributed by atoms with E-state index in [0.717, 1.165) is 12.1 Å². The molecule has 3 aliphatic heterocycles. The molecule has 1 spiro atoms. The van der Waals surface area contributed by atoms with Crippen molar-refractivity contribution in [1.82, 2.24) is 4.90 Å². The maximum atomic E-state index is 14.4. The number of carbonyl (C=O) groups is 2. The summed E-state index contributed by atoms with van der Waals surface area (Å²) >= 11 is 0. The summed E-state index contributed by atoms with van der Waals surface area (Å²) in [7, 11) is 0. The van der Waals surface area contributed by atoms with Gasteiger partial charge in [-0.25, -0.2) is 4.39 Å². The monoisotopic (exact) mass is 510 g/mol. The summed E-state index contributed by atoms with van der Waals surface area (Å²) in [4.78, 5) is 45.3. The lowest BCUT2D eigenvalue weighted by Gasteiger charge is -2.34. The smallest absolute Gasteiger partial charge is 0.291 e. The third-order valence-electron chi connectivity index (χ3n) is 7.29. The molecular weight excluding hydrogens is 491 g/mol. The maximum Gasteiger partial charge on any atom is 0.291 e. The van der Waals surface area contributed by atoms with E-state index in [0.29, 0.717) is 28.3 Å². The highest BCUT2D eigenvalue weighted by atomic mass is 19.1. The normalized spacial score (nSPS) is 19.0. The number of benzene rings is 3. The highest BCUT2D eigenvalue weighted by Crippen LogP contribution is 2.53. The molecule has 1 unspecified atom stereocenters. The molecule has 0 bridgehead atoms. The molecule has 1 aromatic heterocycles. The Morgan fingerprint density at radius 2 is 1.82 bits per heavy atom. The molecule has 0 fully saturated rings. The van der Waals surface area contributed by atoms with Crippen LogP contribution in [0, 0.1) is 5.82 Å². The Morgan fingerprint density at radius 1 is 1.00 bits per heavy atom. The first-order chi connectivity index (χ1) is 18.4. The zero-order chi connectivity index (χ0) is 26.2. The van der Waals surface area contributed by atoms with Crippen molar-refractivity contribution in [3.63, 3.8) is 0 Å². The summed E-state index contributed by atoms with van der Waals surface area (Å²) in [5, 5.41) is -0.0479. The van der Waals surface area contributed by atoms with Crippen LogP contribution >= 0.6 is 0 Å². The second-order valence-corrected chi connectivity index (χ2v) is 9.29. The van der Waals surface area contributed by atoms with Crippen molar-refractivity contribution in [2.45, 2.75) is 12.1 Å². The third kappa shape index (κ3) is 2.75. The first-order valence-electron chi connectivity index (χ1n) is 11.9. The van der Waals surface area contributed by atoms with Gasteiger partial charge in [0.25, 0.3) is 11.8 Å². The van der Waals surface area contributed by atoms with Crippen LogP contribution in [0.2, 0.25) is 0 Å². The van der Waals surface area contributed by atoms with Crippen LogP contribution in [0.1, 0.15) is 27.2 Å². The summed E-state index contributed by atoms with van der Waals surface area (Å²) in [6.45, 7) is 3.98. The first kappa shape index (κ1) is 22.3. The molecule has 0 radical (unpaired) electrons. The summed E-state index contributed by atoms with van der Waals surface area (Å²) < 4.78 is 31.1. The molecule has 3 aliphatic rings. The van der Waals surface area contributed by atoms with E-state index in [-0.39, 0.29) is 42.2 Å². The van der Waals surface area contributed by atoms with Gasteiger partial charge in [0.2, 0.25) is 12.6 Å². The number of amides is 2. The van der Waals surface area contributed by atoms with Crippen LogP contribution in [0.25, 0.3) is 11.0 Å². The quantitative estimate of drug-likeness (QED) is 0.384. The average Bonchev–Trinajstić information content (AvgIpc) is 3.55. The number of hydrogen-bond acceptors (Lipinski definition) is 6. The Balaban J connectivity index is 1.53. The fourth-order valence-electron chi connectivity index (χ4n) is 5.72. The minimum Gasteiger partial charge on any atom is -0.454 e. The highest BCUT2D eigenvalue weighted by Gasteiger charge is 2.64. The standard InChI is InChI=1S/C29H19FN2O6/c1-2-11-31-20-6-4-3-5-19(20)29(28(31)35)24-25(33)18-13-17(30)8-10-21(18)38-26(24)27(34)32(29)14-16-7-9-22-23(12-16)37-15-36-22/h2-10,12-13H,1,11,14-15H2. The van der Waals surface area contributed by atoms with E-state index in [2.05, 4.69) is 6.58 Å². The van der Waals surface area contributed by atoms with E-state index >= 15 is 0 Å². The van der Waals surface area contributed by atoms with Crippen LogP contribution in [0.15, 0.2) is 82.5 Å². The SMILES string of the molecule is C=CCN1C(=O)C2(c3ccccc31)c1c(oc3ccc(F)cc3c1=O)C(=O)N2Cc1ccc2c(c1)OCO2. The molecule has 3 aromatic carbocycles. The molecule has 0 saturated carbocycles. The van der Waals surface area contributed by atoms with Crippen molar-refractivity contribution in [1.29, 1.82) is 0 Å². The molecule has 4 aromatic rings. The lowest BCUT2D eigenvalue weighted by molar-refractivity contribution is -0.126. The Hall–Kier alpha value is -4.92. The second kappa shape index (κ2) is 7.79. The molecule has 9 heteroatoms. The molecule has 2 amide bonds. The van der Waals surface area contributed by atoms with Gasteiger partial charge in [-0.3, -0.25) is 14.4 Å². The number of halogens is 1. The summed E-state index contributed by atoms with van der Waals surface area (Å²) in [6, 6.07) is 15.8. The van der Waals surface area contributed by atoms with Crippen LogP contribution in [-0.4, -0.2) is 30.1 Å². The molecule has 4 heterocycles. The predicted molar refractivity (Wildman–Crippen MR) is 135 cm³/mol. The van der Waals surface area contributed by atoms with Crippen LogP contribution in [0.5, 0.6) is 11.5 Å². The lowest BCUT2D eigenvalue weighted by atomic mass is 9.83. The largest absolute Gasteiger partial charge is 0.454 e. The maximum absolute atomic E-state index is 14.4. The highest BCUT2D eigenvalue weighted by molar-refractivity contribution is 6.17. The van der Waals surface area contributed by atoms with E-state index in [4.69, 9.17) is 13.9 Å². The van der Waals surface area contributed by atoms with Gasteiger partial charge in [0.1, 0.15) is 11.4 Å². The van der Waals surface area contributed by atoms with Gasteiger partial charge in [0.05, 0.1) is 16.6 Å². The van der Waals surface area contributed by atoms with Gasteiger partial charge in [-0.1, -0.05) is 30.3 Å². The number of ether oxygens (including phenoxy) is 2. The predicted octanol–water partition coefficient (Wildman–Crippen LogP) is 4.09. The number of rotatable bonds is 4. The van der Waals surface area contributed by atoms with Crippen LogP contribution in [-0.2, 0) is 16.9 Å². The van der Waals surface area contributed by atoms with Gasteiger partial charge in [0.15, 0.2) is 22.5 Å². The number of anilines is 1. The van der Waals surface area contributed by atoms with E-state index in [9.17, 15) is 18.8 Å². The van der Waals surface area contributed by atoms with E-state index in [1.807, 2.05) is 0 Å². The average molecular weight is 510 g/mol. The second-order valence-electron chi connectivity index (χ2n) is 9.29. The fraction of sp³-hybridized carbons (Fsp3) is 0.138. The fourth-order valence-corrected chi connectivity index (χ4v) is 5.72. The Morgan fingerprint density at radius 3 is 2.66 bits per heavy atom. The van der Waals surface area contributed by atoms with E-state index < -0.39 is 28.6 Å². The minimum absolute atomic E-state index is 0.0359. The molecule has 188 valence electrons. The van der Waals surface area contributed by atoms with Crippen molar-refractivity contribution < 1.29 is 27.9 Å². The van der Waals surface area contributed by atoms with Crippen molar-refractivity contribution in [3.8, 4) is 11.5 Å². The van der Waals surface area contributed by atoms with Crippen LogP contribution < -0.4 is 19.8 Å². The number of hydrogen-bond donors (Lipinski definition) is 0. The molecule has 38 heavy (non-hydrogen) atoms. The number of fused-ring (bicyclic) bond motifs is 6. The Labute approximate surface area is 215 Å². The van der Waals surface area contributed by atoms with Gasteiger partial charge >= 0.3 is 0 Å². The Kier molecular flexibility index (Phi) is 4.57. The molecule has 8 nitrogen and oxygen atoms in total. The molecule has 7 rings (SSSR count). The van der Waals surface area contributed by atoms with Crippen molar-refractivity contribution >= 4 is 28.5 Å². The van der Waals surface area contributed by atoms with Crippen LogP contribution in [0.4, 0.5) is 10.1 Å². The zero-order valence-electron chi connectivity index (χ0n) is 19.9. The number of carbonyl (C=O) groups excluding carboxylic acids is 2. The molecule has 0 saturated heterocycles. The lowest BCUT2D eigenvalue weighted by Crippen LogP contribution is -2.53. The van der Waals surface area contributed by atoms with E-state index in [1.54, 1.807) is 48.5 Å². The van der Waals surface area contributed by atoms with Crippen molar-refractivity contribution in [2.75, 3.05) is 18.2 Å². The van der Waals surface area contributed by atoms with Gasteiger partial charge in [-0.15, -0.1) is 6.58 Å². The summed E-state index contributed by atoms with van der Waals surface area (Å²) in [5.41, 5.74) is -0.842. The topological polar surface area (TPSA) is 89.3 Å². The van der Waals surface area contributed by atoms with Crippen LogP contribution in [0.3, 0.4) is 0 Å². The van der Waals surface area contributed by atoms with E-state index in [1.165, 1.54) is 15.9 Å². The first-order valence-corrected chi connectivity index (χ1v) is 11.9. The number of nitrogens with zero attached hydrogens (tertiary/aromatic N) is 2.